The molecule has 312 valence electrons. The zero-order valence-electron chi connectivity index (χ0n) is 32.6. The molecule has 1 aromatic carbocycles. The first kappa shape index (κ1) is 41.0. The maximum absolute atomic E-state index is 14.7. The van der Waals surface area contributed by atoms with Crippen molar-refractivity contribution in [2.45, 2.75) is 140 Å². The maximum atomic E-state index is 14.7. The van der Waals surface area contributed by atoms with Crippen LogP contribution in [0.25, 0.3) is 11.0 Å². The number of hydrogen-bond acceptors (Lipinski definition) is 10. The van der Waals surface area contributed by atoms with E-state index < -0.39 is 92.8 Å². The van der Waals surface area contributed by atoms with Crippen LogP contribution in [0.2, 0.25) is 0 Å². The van der Waals surface area contributed by atoms with Crippen LogP contribution >= 0.6 is 0 Å². The summed E-state index contributed by atoms with van der Waals surface area (Å²) in [6.45, 7) is 7.10. The zero-order chi connectivity index (χ0) is 41.0. The van der Waals surface area contributed by atoms with Gasteiger partial charge in [-0.25, -0.2) is 36.4 Å². The SMILES string of the molecule is C[C@H]1CC[C@H]2OC(=O)N[C@@H](C(C)(C)C)C(=O)N3C[C@@H](C[C@H]3C(=O)N[C@]3(C(=O)NS(=O)(=O)C4CC4)C[C@H]3C(F)F)Oc3nc4cc(F)ccc4nc3CCCCC[C@H]12. The molecule has 14 nitrogen and oxygen atoms in total. The number of benzene rings is 1. The number of sulfonamides is 1. The molecule has 18 heteroatoms. The largest absolute Gasteiger partial charge is 0.471 e. The Balaban J connectivity index is 1.23. The molecule has 4 amide bonds. The average molecular weight is 821 g/mol. The maximum Gasteiger partial charge on any atom is 0.408 e. The Morgan fingerprint density at radius 2 is 1.77 bits per heavy atom. The second-order valence-corrected chi connectivity index (χ2v) is 19.5. The van der Waals surface area contributed by atoms with Gasteiger partial charge < -0.3 is 25.0 Å². The molecular weight excluding hydrogens is 770 g/mol. The van der Waals surface area contributed by atoms with Gasteiger partial charge in [0.25, 0.3) is 5.91 Å². The summed E-state index contributed by atoms with van der Waals surface area (Å²) in [6.07, 6.45) is 0.0427. The number of rotatable bonds is 6. The van der Waals surface area contributed by atoms with E-state index in [2.05, 4.69) is 22.5 Å². The Kier molecular flexibility index (Phi) is 11.1. The molecule has 3 N–H and O–H groups in total. The summed E-state index contributed by atoms with van der Waals surface area (Å²) in [7, 11) is -4.15. The molecule has 3 heterocycles. The van der Waals surface area contributed by atoms with E-state index in [1.54, 1.807) is 20.8 Å². The predicted molar refractivity (Wildman–Crippen MR) is 200 cm³/mol. The second kappa shape index (κ2) is 15.5. The number of hydrogen-bond donors (Lipinski definition) is 3. The third kappa shape index (κ3) is 8.65. The minimum atomic E-state index is -4.15. The molecule has 7 rings (SSSR count). The van der Waals surface area contributed by atoms with Crippen molar-refractivity contribution < 1.29 is 50.2 Å². The molecule has 3 aliphatic carbocycles. The van der Waals surface area contributed by atoms with Gasteiger partial charge in [0.05, 0.1) is 28.7 Å². The van der Waals surface area contributed by atoms with E-state index >= 15 is 0 Å². The topological polar surface area (TPSA) is 186 Å². The fourth-order valence-electron chi connectivity index (χ4n) is 8.67. The first-order chi connectivity index (χ1) is 26.9. The van der Waals surface area contributed by atoms with Crippen molar-refractivity contribution in [2.24, 2.45) is 23.2 Å². The molecule has 0 spiro atoms. The molecule has 1 aromatic heterocycles. The van der Waals surface area contributed by atoms with E-state index in [0.29, 0.717) is 49.2 Å². The predicted octanol–water partition coefficient (Wildman–Crippen LogP) is 4.54. The summed E-state index contributed by atoms with van der Waals surface area (Å²) in [6, 6.07) is 1.39. The summed E-state index contributed by atoms with van der Waals surface area (Å²) in [5.74, 6) is -4.62. The van der Waals surface area contributed by atoms with Gasteiger partial charge in [-0.1, -0.05) is 40.5 Å². The van der Waals surface area contributed by atoms with Crippen LogP contribution < -0.4 is 20.1 Å². The van der Waals surface area contributed by atoms with Crippen LogP contribution in [0.4, 0.5) is 18.0 Å². The van der Waals surface area contributed by atoms with Crippen LogP contribution in [0.15, 0.2) is 18.2 Å². The summed E-state index contributed by atoms with van der Waals surface area (Å²) in [5.41, 5.74) is -1.98. The number of alkyl halides is 2. The summed E-state index contributed by atoms with van der Waals surface area (Å²) in [5, 5.41) is 4.34. The van der Waals surface area contributed by atoms with Crippen LogP contribution in [0, 0.1) is 29.0 Å². The smallest absolute Gasteiger partial charge is 0.408 e. The third-order valence-corrected chi connectivity index (χ3v) is 14.1. The normalized spacial score (nSPS) is 31.3. The van der Waals surface area contributed by atoms with Gasteiger partial charge in [0, 0.05) is 12.5 Å². The highest BCUT2D eigenvalue weighted by molar-refractivity contribution is 7.91. The van der Waals surface area contributed by atoms with Gasteiger partial charge in [-0.2, -0.15) is 0 Å². The van der Waals surface area contributed by atoms with Gasteiger partial charge in [0.15, 0.2) is 0 Å². The van der Waals surface area contributed by atoms with Crippen molar-refractivity contribution in [1.82, 2.24) is 30.2 Å². The van der Waals surface area contributed by atoms with Crippen molar-refractivity contribution >= 4 is 44.9 Å². The molecule has 0 unspecified atom stereocenters. The van der Waals surface area contributed by atoms with E-state index in [1.165, 1.54) is 23.1 Å². The lowest BCUT2D eigenvalue weighted by Crippen LogP contribution is -2.60. The lowest BCUT2D eigenvalue weighted by atomic mass is 9.85. The Bertz CT molecular complexity index is 2030. The number of aromatic nitrogens is 2. The van der Waals surface area contributed by atoms with Gasteiger partial charge in [-0.15, -0.1) is 0 Å². The Hall–Kier alpha value is -4.22. The molecule has 0 radical (unpaired) electrons. The number of aryl methyl sites for hydroxylation is 1. The van der Waals surface area contributed by atoms with Crippen LogP contribution in [-0.4, -0.2) is 95.2 Å². The molecular formula is C39H51F3N6O8S. The van der Waals surface area contributed by atoms with Crippen molar-refractivity contribution in [3.05, 3.63) is 29.7 Å². The van der Waals surface area contributed by atoms with Crippen LogP contribution in [-0.2, 0) is 35.6 Å². The fraction of sp³-hybridized carbons (Fsp3) is 0.692. The third-order valence-electron chi connectivity index (χ3n) is 12.3. The number of alkyl carbamates (subject to hydrolysis) is 1. The summed E-state index contributed by atoms with van der Waals surface area (Å²) in [4.78, 5) is 66.5. The van der Waals surface area contributed by atoms with E-state index in [0.717, 1.165) is 25.7 Å². The lowest BCUT2D eigenvalue weighted by Gasteiger charge is -2.35. The number of halogens is 3. The molecule has 4 fully saturated rings. The zero-order valence-corrected chi connectivity index (χ0v) is 33.4. The summed E-state index contributed by atoms with van der Waals surface area (Å²) >= 11 is 0. The molecule has 2 aromatic rings. The minimum absolute atomic E-state index is 0.0901. The number of ether oxygens (including phenoxy) is 2. The second-order valence-electron chi connectivity index (χ2n) is 17.6. The number of nitrogens with one attached hydrogen (secondary N) is 3. The molecule has 3 saturated carbocycles. The van der Waals surface area contributed by atoms with Crippen molar-refractivity contribution in [3.8, 4) is 5.88 Å². The standard InChI is InChI=1S/C39H51F3N6O8S/c1-20-10-15-30-24(20)8-6-5-7-9-27-34(44-28-16-21(40)11-14-26(28)43-27)55-22-17-29(48(19-22)35(50)31(38(2,3)4)45-37(52)56-30)33(49)46-39(18-25(39)32(41)42)36(51)47-57(53,54)23-12-13-23/h11,14,16,20,22-25,29-32H,5-10,12-13,15,17-19H2,1-4H3,(H,45,52)(H,46,49)(H,47,51)/t20-,22+,24+,25-,29-,30+,31+,39+/m0/s1. The average Bonchev–Trinajstić information content (AvgIpc) is 4.04. The molecule has 57 heavy (non-hydrogen) atoms. The van der Waals surface area contributed by atoms with Crippen LogP contribution in [0.5, 0.6) is 5.88 Å². The first-order valence-electron chi connectivity index (χ1n) is 19.9. The number of carbonyl (C=O) groups is 4. The van der Waals surface area contributed by atoms with Gasteiger partial charge in [0.1, 0.15) is 41.3 Å². The molecule has 2 aliphatic heterocycles. The van der Waals surface area contributed by atoms with Crippen LogP contribution in [0.3, 0.4) is 0 Å². The summed E-state index contributed by atoms with van der Waals surface area (Å²) < 4.78 is 82.3. The van der Waals surface area contributed by atoms with E-state index in [4.69, 9.17) is 14.5 Å². The molecule has 2 bridgehead atoms. The van der Waals surface area contributed by atoms with Gasteiger partial charge >= 0.3 is 6.09 Å². The highest BCUT2D eigenvalue weighted by atomic mass is 32.2. The van der Waals surface area contributed by atoms with Gasteiger partial charge in [0.2, 0.25) is 34.1 Å². The van der Waals surface area contributed by atoms with Crippen molar-refractivity contribution in [3.63, 3.8) is 0 Å². The number of carbonyl (C=O) groups excluding carboxylic acids is 4. The van der Waals surface area contributed by atoms with E-state index in [1.807, 2.05) is 4.72 Å². The molecule has 1 saturated heterocycles. The molecule has 8 atom stereocenters. The number of nitrogens with zero attached hydrogens (tertiary/aromatic N) is 3. The monoisotopic (exact) mass is 820 g/mol. The Labute approximate surface area is 329 Å². The fourth-order valence-corrected chi connectivity index (χ4v) is 10.0. The van der Waals surface area contributed by atoms with Crippen LogP contribution in [0.1, 0.15) is 97.6 Å². The number of amides is 4. The van der Waals surface area contributed by atoms with E-state index in [9.17, 15) is 40.8 Å². The van der Waals surface area contributed by atoms with Crippen molar-refractivity contribution in [1.29, 1.82) is 0 Å². The van der Waals surface area contributed by atoms with Crippen molar-refractivity contribution in [2.75, 3.05) is 6.54 Å². The Morgan fingerprint density at radius 1 is 1.02 bits per heavy atom. The lowest BCUT2D eigenvalue weighted by molar-refractivity contribution is -0.143. The van der Waals surface area contributed by atoms with E-state index in [-0.39, 0.29) is 36.4 Å². The highest BCUT2D eigenvalue weighted by Gasteiger charge is 2.67. The first-order valence-corrected chi connectivity index (χ1v) is 21.5. The minimum Gasteiger partial charge on any atom is -0.471 e. The quantitative estimate of drug-likeness (QED) is 0.374. The highest BCUT2D eigenvalue weighted by Crippen LogP contribution is 2.48. The Morgan fingerprint density at radius 3 is 2.46 bits per heavy atom. The number of fused-ring (bicyclic) bond motifs is 5. The van der Waals surface area contributed by atoms with Gasteiger partial charge in [-0.05, 0) is 80.8 Å². The molecule has 5 aliphatic rings. The van der Waals surface area contributed by atoms with Gasteiger partial charge in [-0.3, -0.25) is 19.1 Å².